The minimum Gasteiger partial charge on any atom is -0.507 e. The lowest BCUT2D eigenvalue weighted by Gasteiger charge is -2.09. The Kier molecular flexibility index (Phi) is 7.68. The van der Waals surface area contributed by atoms with Crippen molar-refractivity contribution in [3.8, 4) is 39.8 Å². The molecule has 0 atom stereocenters. The number of phenols is 1. The summed E-state index contributed by atoms with van der Waals surface area (Å²) in [4.78, 5) is 25.3. The fourth-order valence-corrected chi connectivity index (χ4v) is 4.75. The second kappa shape index (κ2) is 11.9. The van der Waals surface area contributed by atoms with Crippen LogP contribution in [0.2, 0.25) is 5.02 Å². The number of carbonyl (C=O) groups excluding carboxylic acids is 1. The van der Waals surface area contributed by atoms with E-state index < -0.39 is 18.0 Å². The van der Waals surface area contributed by atoms with E-state index >= 15 is 0 Å². The zero-order valence-electron chi connectivity index (χ0n) is 23.0. The van der Waals surface area contributed by atoms with Crippen LogP contribution >= 0.6 is 11.6 Å². The van der Waals surface area contributed by atoms with Crippen LogP contribution in [0.25, 0.3) is 39.2 Å². The molecule has 0 aliphatic carbocycles. The highest BCUT2D eigenvalue weighted by Crippen LogP contribution is 2.31. The molecule has 0 spiro atoms. The first-order chi connectivity index (χ1) is 20.8. The van der Waals surface area contributed by atoms with Gasteiger partial charge in [-0.15, -0.1) is 0 Å². The summed E-state index contributed by atoms with van der Waals surface area (Å²) in [6.45, 7) is 1.49. The zero-order valence-corrected chi connectivity index (χ0v) is 23.7. The molecule has 6 rings (SSSR count). The summed E-state index contributed by atoms with van der Waals surface area (Å²) in [6, 6.07) is 30.4. The first-order valence-electron chi connectivity index (χ1n) is 13.4. The fraction of sp³-hybridized carbons (Fsp3) is 0.0882. The Bertz CT molecular complexity index is 1920. The monoisotopic (exact) mass is 592 g/mol. The van der Waals surface area contributed by atoms with E-state index in [0.717, 1.165) is 22.5 Å². The number of fused-ring (bicyclic) bond motifs is 1. The lowest BCUT2D eigenvalue weighted by Crippen LogP contribution is -2.15. The number of phenolic OH excluding ortho intramolecular Hbond substituents is 1. The molecule has 8 nitrogen and oxygen atoms in total. The zero-order chi connectivity index (χ0) is 29.9. The molecule has 0 saturated heterocycles. The Labute approximate surface area is 251 Å². The average Bonchev–Trinajstić information content (AvgIpc) is 3.44. The number of benzene rings is 4. The molecule has 0 amide bonds. The van der Waals surface area contributed by atoms with Gasteiger partial charge in [-0.05, 0) is 37.3 Å². The van der Waals surface area contributed by atoms with Crippen molar-refractivity contribution in [2.45, 2.75) is 13.5 Å². The molecule has 0 aliphatic rings. The SMILES string of the molecule is Cc1ccc(-n2nc(COC(=O)COc3cc(O)c4c(=O)cc(-c5ccccc5)oc4c3)cc2-c2ccc(Cl)cc2)cc1. The van der Waals surface area contributed by atoms with E-state index in [0.29, 0.717) is 22.0 Å². The molecule has 43 heavy (non-hydrogen) atoms. The molecular weight excluding hydrogens is 568 g/mol. The van der Waals surface area contributed by atoms with Crippen molar-refractivity contribution in [3.05, 3.63) is 130 Å². The predicted octanol–water partition coefficient (Wildman–Crippen LogP) is 7.10. The molecule has 0 bridgehead atoms. The highest BCUT2D eigenvalue weighted by Gasteiger charge is 2.16. The van der Waals surface area contributed by atoms with Crippen LogP contribution in [-0.4, -0.2) is 27.5 Å². The second-order valence-electron chi connectivity index (χ2n) is 9.88. The third-order valence-corrected chi connectivity index (χ3v) is 7.01. The molecule has 4 aromatic carbocycles. The van der Waals surface area contributed by atoms with Gasteiger partial charge in [-0.2, -0.15) is 5.10 Å². The van der Waals surface area contributed by atoms with Gasteiger partial charge in [-0.3, -0.25) is 4.79 Å². The van der Waals surface area contributed by atoms with Crippen LogP contribution in [0.5, 0.6) is 11.5 Å². The van der Waals surface area contributed by atoms with E-state index in [2.05, 4.69) is 5.10 Å². The molecule has 2 heterocycles. The second-order valence-corrected chi connectivity index (χ2v) is 10.3. The number of carbonyl (C=O) groups is 1. The highest BCUT2D eigenvalue weighted by molar-refractivity contribution is 6.30. The van der Waals surface area contributed by atoms with Crippen LogP contribution in [-0.2, 0) is 16.1 Å². The molecular formula is C34H25ClN2O6. The van der Waals surface area contributed by atoms with Crippen molar-refractivity contribution < 1.29 is 23.8 Å². The highest BCUT2D eigenvalue weighted by atomic mass is 35.5. The van der Waals surface area contributed by atoms with Gasteiger partial charge in [0.2, 0.25) is 0 Å². The standard InChI is InChI=1S/C34H25ClN2O6/c1-21-7-13-26(14-8-21)37-28(22-9-11-24(35)12-10-22)15-25(36-37)19-42-33(40)20-41-27-16-29(38)34-30(39)18-31(43-32(34)17-27)23-5-3-2-4-6-23/h2-18,38H,19-20H2,1H3. The van der Waals surface area contributed by atoms with Gasteiger partial charge in [0.15, 0.2) is 12.0 Å². The average molecular weight is 593 g/mol. The smallest absolute Gasteiger partial charge is 0.344 e. The number of esters is 1. The van der Waals surface area contributed by atoms with Gasteiger partial charge >= 0.3 is 5.97 Å². The number of aromatic hydroxyl groups is 1. The largest absolute Gasteiger partial charge is 0.507 e. The van der Waals surface area contributed by atoms with Crippen molar-refractivity contribution >= 4 is 28.5 Å². The molecule has 9 heteroatoms. The van der Waals surface area contributed by atoms with Gasteiger partial charge in [-0.25, -0.2) is 9.48 Å². The fourth-order valence-electron chi connectivity index (χ4n) is 4.62. The van der Waals surface area contributed by atoms with Crippen molar-refractivity contribution in [1.82, 2.24) is 9.78 Å². The van der Waals surface area contributed by atoms with Crippen LogP contribution in [0, 0.1) is 6.92 Å². The number of nitrogens with zero attached hydrogens (tertiary/aromatic N) is 2. The summed E-state index contributed by atoms with van der Waals surface area (Å²) in [6.07, 6.45) is 0. The normalized spacial score (nSPS) is 11.0. The van der Waals surface area contributed by atoms with Crippen LogP contribution in [0.15, 0.2) is 112 Å². The third kappa shape index (κ3) is 6.14. The molecule has 0 fully saturated rings. The van der Waals surface area contributed by atoms with E-state index in [4.69, 9.17) is 25.5 Å². The molecule has 2 aromatic heterocycles. The van der Waals surface area contributed by atoms with Gasteiger partial charge in [0, 0.05) is 34.3 Å². The van der Waals surface area contributed by atoms with Crippen molar-refractivity contribution in [2.24, 2.45) is 0 Å². The molecule has 0 aliphatic heterocycles. The summed E-state index contributed by atoms with van der Waals surface area (Å²) in [7, 11) is 0. The van der Waals surface area contributed by atoms with Gasteiger partial charge in [0.25, 0.3) is 0 Å². The number of hydrogen-bond acceptors (Lipinski definition) is 7. The maximum Gasteiger partial charge on any atom is 0.344 e. The van der Waals surface area contributed by atoms with Crippen LogP contribution < -0.4 is 10.2 Å². The van der Waals surface area contributed by atoms with Gasteiger partial charge in [0.05, 0.1) is 11.4 Å². The summed E-state index contributed by atoms with van der Waals surface area (Å²) in [5.74, 6) is -0.469. The Morgan fingerprint density at radius 1 is 0.930 bits per heavy atom. The minimum atomic E-state index is -0.642. The van der Waals surface area contributed by atoms with E-state index in [1.807, 2.05) is 79.7 Å². The van der Waals surface area contributed by atoms with Crippen LogP contribution in [0.4, 0.5) is 0 Å². The van der Waals surface area contributed by atoms with Crippen LogP contribution in [0.1, 0.15) is 11.3 Å². The molecule has 214 valence electrons. The van der Waals surface area contributed by atoms with Crippen molar-refractivity contribution in [1.29, 1.82) is 0 Å². The summed E-state index contributed by atoms with van der Waals surface area (Å²) in [5.41, 5.74) is 4.67. The maximum absolute atomic E-state index is 12.7. The summed E-state index contributed by atoms with van der Waals surface area (Å²) >= 11 is 6.09. The topological polar surface area (TPSA) is 104 Å². The van der Waals surface area contributed by atoms with Gasteiger partial charge in [0.1, 0.15) is 40.5 Å². The number of aromatic nitrogens is 2. The molecule has 6 aromatic rings. The van der Waals surface area contributed by atoms with Gasteiger partial charge in [-0.1, -0.05) is 71.8 Å². The Balaban J connectivity index is 1.17. The van der Waals surface area contributed by atoms with Crippen molar-refractivity contribution in [3.63, 3.8) is 0 Å². The number of aryl methyl sites for hydroxylation is 1. The molecule has 0 radical (unpaired) electrons. The number of rotatable bonds is 8. The lowest BCUT2D eigenvalue weighted by atomic mass is 10.1. The number of halogens is 1. The maximum atomic E-state index is 12.7. The van der Waals surface area contributed by atoms with Crippen molar-refractivity contribution in [2.75, 3.05) is 6.61 Å². The summed E-state index contributed by atoms with van der Waals surface area (Å²) in [5, 5.41) is 15.8. The Morgan fingerprint density at radius 2 is 1.67 bits per heavy atom. The number of ether oxygens (including phenoxy) is 2. The summed E-state index contributed by atoms with van der Waals surface area (Å²) < 4.78 is 18.7. The number of hydrogen-bond donors (Lipinski definition) is 1. The first kappa shape index (κ1) is 27.8. The lowest BCUT2D eigenvalue weighted by molar-refractivity contribution is -0.147. The molecule has 0 unspecified atom stereocenters. The molecule has 1 N–H and O–H groups in total. The minimum absolute atomic E-state index is 0.0234. The quantitative estimate of drug-likeness (QED) is 0.188. The van der Waals surface area contributed by atoms with Gasteiger partial charge < -0.3 is 19.0 Å². The molecule has 0 saturated carbocycles. The third-order valence-electron chi connectivity index (χ3n) is 6.76. The Hall–Kier alpha value is -5.34. The van der Waals surface area contributed by atoms with E-state index in [9.17, 15) is 14.7 Å². The predicted molar refractivity (Wildman–Crippen MR) is 164 cm³/mol. The van der Waals surface area contributed by atoms with E-state index in [1.54, 1.807) is 16.8 Å². The van der Waals surface area contributed by atoms with E-state index in [-0.39, 0.29) is 29.1 Å². The van der Waals surface area contributed by atoms with E-state index in [1.165, 1.54) is 18.2 Å². The van der Waals surface area contributed by atoms with Crippen LogP contribution in [0.3, 0.4) is 0 Å². The Morgan fingerprint density at radius 3 is 2.42 bits per heavy atom. The first-order valence-corrected chi connectivity index (χ1v) is 13.8.